The molecule has 6 heavy (non-hydrogen) atoms. The Hall–Kier alpha value is 0.430. The summed E-state index contributed by atoms with van der Waals surface area (Å²) in [7, 11) is 2.73. The van der Waals surface area contributed by atoms with Gasteiger partial charge >= 0.3 is 0 Å². The van der Waals surface area contributed by atoms with Gasteiger partial charge in [0.05, 0.1) is 0 Å². The van der Waals surface area contributed by atoms with Gasteiger partial charge in [-0.2, -0.15) is 0 Å². The summed E-state index contributed by atoms with van der Waals surface area (Å²) in [6.07, 6.45) is 0.984. The van der Waals surface area contributed by atoms with Crippen molar-refractivity contribution in [1.29, 1.82) is 0 Å². The summed E-state index contributed by atoms with van der Waals surface area (Å²) in [4.78, 5) is 0. The van der Waals surface area contributed by atoms with Gasteiger partial charge in [-0.3, -0.25) is 0 Å². The second kappa shape index (κ2) is 1.93. The van der Waals surface area contributed by atoms with Crippen LogP contribution in [0.2, 0.25) is 0 Å². The van der Waals surface area contributed by atoms with E-state index in [0.717, 1.165) is 6.42 Å². The average Bonchev–Trinajstić information content (AvgIpc) is 1.35. The quantitative estimate of drug-likeness (QED) is 0.444. The summed E-state index contributed by atoms with van der Waals surface area (Å²) in [5.41, 5.74) is 0. The van der Waals surface area contributed by atoms with Crippen LogP contribution in [0, 0.1) is 6.92 Å². The molecule has 0 saturated heterocycles. The summed E-state index contributed by atoms with van der Waals surface area (Å²) in [6.45, 7) is 8.02. The van der Waals surface area contributed by atoms with Gasteiger partial charge in [0.2, 0.25) is 0 Å². The van der Waals surface area contributed by atoms with Gasteiger partial charge in [0.25, 0.3) is 0 Å². The van der Waals surface area contributed by atoms with Gasteiger partial charge in [-0.15, -0.1) is 9.24 Å². The van der Waals surface area contributed by atoms with Crippen molar-refractivity contribution >= 4 is 9.24 Å². The predicted molar refractivity (Wildman–Crippen MR) is 33.8 cm³/mol. The molecule has 0 amide bonds. The molecule has 1 radical (unpaired) electrons. The molecule has 0 aromatic heterocycles. The summed E-state index contributed by atoms with van der Waals surface area (Å²) in [5.74, 6) is 0. The second-order valence-electron chi connectivity index (χ2n) is 2.24. The molecule has 0 fully saturated rings. The van der Waals surface area contributed by atoms with Crippen LogP contribution in [-0.2, 0) is 0 Å². The van der Waals surface area contributed by atoms with E-state index in [0.29, 0.717) is 5.16 Å². The molecule has 0 aromatic carbocycles. The number of hydrogen-bond acceptors (Lipinski definition) is 0. The van der Waals surface area contributed by atoms with Gasteiger partial charge in [0.15, 0.2) is 0 Å². The highest BCUT2D eigenvalue weighted by atomic mass is 31.0. The second-order valence-corrected chi connectivity index (χ2v) is 3.80. The molecule has 0 bridgehead atoms. The maximum absolute atomic E-state index is 3.74. The van der Waals surface area contributed by atoms with E-state index in [4.69, 9.17) is 0 Å². The Labute approximate surface area is 42.5 Å². The van der Waals surface area contributed by atoms with Crippen molar-refractivity contribution in [3.05, 3.63) is 6.92 Å². The van der Waals surface area contributed by atoms with Crippen molar-refractivity contribution in [3.8, 4) is 0 Å². The third-order valence-corrected chi connectivity index (χ3v) is 0.933. The van der Waals surface area contributed by atoms with Gasteiger partial charge in [-0.05, 0) is 11.6 Å². The first-order valence-corrected chi connectivity index (χ1v) is 2.72. The summed E-state index contributed by atoms with van der Waals surface area (Å²) >= 11 is 0. The van der Waals surface area contributed by atoms with Crippen molar-refractivity contribution in [2.24, 2.45) is 0 Å². The van der Waals surface area contributed by atoms with Crippen molar-refractivity contribution < 1.29 is 0 Å². The van der Waals surface area contributed by atoms with Crippen LogP contribution < -0.4 is 0 Å². The number of rotatable bonds is 1. The van der Waals surface area contributed by atoms with E-state index in [9.17, 15) is 0 Å². The number of hydrogen-bond donors (Lipinski definition) is 0. The Balaban J connectivity index is 3.17. The maximum Gasteiger partial charge on any atom is -0.0207 e. The molecule has 0 rings (SSSR count). The lowest BCUT2D eigenvalue weighted by Gasteiger charge is -2.12. The zero-order valence-corrected chi connectivity index (χ0v) is 5.65. The molecule has 0 aliphatic carbocycles. The minimum Gasteiger partial charge on any atom is -0.132 e. The summed E-state index contributed by atoms with van der Waals surface area (Å²) in [5, 5.41) is 0.347. The molecule has 0 nitrogen and oxygen atoms in total. The van der Waals surface area contributed by atoms with E-state index in [2.05, 4.69) is 30.0 Å². The summed E-state index contributed by atoms with van der Waals surface area (Å²) in [6, 6.07) is 0. The lowest BCUT2D eigenvalue weighted by molar-refractivity contribution is 0.724. The highest BCUT2D eigenvalue weighted by molar-refractivity contribution is 7.18. The van der Waals surface area contributed by atoms with Gasteiger partial charge in [0, 0.05) is 0 Å². The average molecular weight is 103 g/mol. The van der Waals surface area contributed by atoms with Crippen molar-refractivity contribution in [2.45, 2.75) is 25.4 Å². The van der Waals surface area contributed by atoms with Gasteiger partial charge in [0.1, 0.15) is 0 Å². The van der Waals surface area contributed by atoms with Crippen molar-refractivity contribution in [3.63, 3.8) is 0 Å². The Morgan fingerprint density at radius 2 is 1.83 bits per heavy atom. The predicted octanol–water partition coefficient (Wildman–Crippen LogP) is 1.86. The zero-order chi connectivity index (χ0) is 5.21. The minimum atomic E-state index is 0.347. The molecule has 0 aromatic rings. The zero-order valence-electron chi connectivity index (χ0n) is 4.49. The molecule has 0 heterocycles. The molecule has 0 aliphatic heterocycles. The smallest absolute Gasteiger partial charge is 0.0207 e. The van der Waals surface area contributed by atoms with E-state index in [1.807, 2.05) is 0 Å². The Kier molecular flexibility index (Phi) is 2.07. The molecule has 0 aliphatic rings. The van der Waals surface area contributed by atoms with Gasteiger partial charge in [-0.1, -0.05) is 20.8 Å². The largest absolute Gasteiger partial charge is 0.132 e. The van der Waals surface area contributed by atoms with Gasteiger partial charge < -0.3 is 0 Å². The van der Waals surface area contributed by atoms with E-state index in [1.165, 1.54) is 0 Å². The normalized spacial score (nSPS) is 12.0. The van der Waals surface area contributed by atoms with Crippen LogP contribution >= 0.6 is 9.24 Å². The Morgan fingerprint density at radius 1 is 1.67 bits per heavy atom. The monoisotopic (exact) mass is 103 g/mol. The van der Waals surface area contributed by atoms with E-state index in [1.54, 1.807) is 0 Å². The van der Waals surface area contributed by atoms with Crippen LogP contribution in [0.4, 0.5) is 0 Å². The third kappa shape index (κ3) is 4.43. The van der Waals surface area contributed by atoms with Crippen molar-refractivity contribution in [1.82, 2.24) is 0 Å². The first-order valence-electron chi connectivity index (χ1n) is 2.14. The fourth-order valence-corrected chi connectivity index (χ4v) is 0. The third-order valence-electron chi connectivity index (χ3n) is 0.644. The van der Waals surface area contributed by atoms with E-state index < -0.39 is 0 Å². The van der Waals surface area contributed by atoms with Gasteiger partial charge in [-0.25, -0.2) is 0 Å². The molecule has 0 spiro atoms. The maximum atomic E-state index is 3.74. The first-order chi connectivity index (χ1) is 2.56. The van der Waals surface area contributed by atoms with E-state index in [-0.39, 0.29) is 0 Å². The van der Waals surface area contributed by atoms with Crippen LogP contribution in [-0.4, -0.2) is 5.16 Å². The van der Waals surface area contributed by atoms with Crippen LogP contribution in [0.3, 0.4) is 0 Å². The fraction of sp³-hybridized carbons (Fsp3) is 0.800. The fourth-order valence-electron chi connectivity index (χ4n) is 0. The molecule has 37 valence electrons. The lowest BCUT2D eigenvalue weighted by Crippen LogP contribution is -2.04. The van der Waals surface area contributed by atoms with Crippen LogP contribution in [0.5, 0.6) is 0 Å². The molecular formula is C5H12P. The van der Waals surface area contributed by atoms with Crippen molar-refractivity contribution in [2.75, 3.05) is 0 Å². The van der Waals surface area contributed by atoms with Crippen LogP contribution in [0.25, 0.3) is 0 Å². The minimum absolute atomic E-state index is 0.347. The lowest BCUT2D eigenvalue weighted by atomic mass is 10.1. The Morgan fingerprint density at radius 3 is 1.83 bits per heavy atom. The molecule has 0 N–H and O–H groups in total. The molecular weight excluding hydrogens is 91.0 g/mol. The van der Waals surface area contributed by atoms with Crippen LogP contribution in [0.1, 0.15) is 20.3 Å². The van der Waals surface area contributed by atoms with Crippen LogP contribution in [0.15, 0.2) is 0 Å². The SMILES string of the molecule is [CH2]CC(C)(C)P. The highest BCUT2D eigenvalue weighted by Crippen LogP contribution is 2.18. The topological polar surface area (TPSA) is 0 Å². The highest BCUT2D eigenvalue weighted by Gasteiger charge is 2.03. The molecule has 1 heteroatoms. The molecule has 1 unspecified atom stereocenters. The summed E-state index contributed by atoms with van der Waals surface area (Å²) < 4.78 is 0. The Bertz CT molecular complexity index is 33.7. The molecule has 0 saturated carbocycles. The molecule has 1 atom stereocenters. The first kappa shape index (κ1) is 6.43. The van der Waals surface area contributed by atoms with E-state index >= 15 is 0 Å². The standard InChI is InChI=1S/C5H12P/c1-4-5(2,3)6/h1,4,6H2,2-3H3.